The molecule has 0 aliphatic rings. The lowest BCUT2D eigenvalue weighted by molar-refractivity contribution is 0.412. The number of nitrogens with one attached hydrogen (secondary N) is 1. The molecule has 7 heteroatoms. The van der Waals surface area contributed by atoms with Crippen molar-refractivity contribution in [3.8, 4) is 22.9 Å². The van der Waals surface area contributed by atoms with Gasteiger partial charge in [-0.1, -0.05) is 13.8 Å². The predicted octanol–water partition coefficient (Wildman–Crippen LogP) is 5.98. The second kappa shape index (κ2) is 9.19. The molecule has 26 heavy (non-hydrogen) atoms. The molecule has 0 radical (unpaired) electrons. The van der Waals surface area contributed by atoms with Crippen molar-refractivity contribution in [3.63, 3.8) is 0 Å². The van der Waals surface area contributed by atoms with Crippen LogP contribution in [0.5, 0.6) is 11.5 Å². The van der Waals surface area contributed by atoms with Gasteiger partial charge < -0.3 is 14.8 Å². The van der Waals surface area contributed by atoms with Gasteiger partial charge in [0.15, 0.2) is 5.13 Å². The number of nitrogens with zero attached hydrogens (tertiary/aromatic N) is 2. The summed E-state index contributed by atoms with van der Waals surface area (Å²) in [6.45, 7) is 8.17. The van der Waals surface area contributed by atoms with Crippen LogP contribution in [0, 0.1) is 0 Å². The third-order valence-electron chi connectivity index (χ3n) is 3.46. The Morgan fingerprint density at radius 2 is 1.73 bits per heavy atom. The van der Waals surface area contributed by atoms with Crippen molar-refractivity contribution >= 4 is 43.3 Å². The Morgan fingerprint density at radius 1 is 1.04 bits per heavy atom. The molecule has 0 atom stereocenters. The number of thiazole rings is 1. The van der Waals surface area contributed by atoms with Crippen molar-refractivity contribution in [1.29, 1.82) is 0 Å². The smallest absolute Gasteiger partial charge is 0.183 e. The van der Waals surface area contributed by atoms with Crippen LogP contribution in [0.3, 0.4) is 0 Å². The molecule has 0 saturated heterocycles. The number of rotatable bonds is 5. The summed E-state index contributed by atoms with van der Waals surface area (Å²) in [5.41, 5.74) is 2.37. The second-order valence-electron chi connectivity index (χ2n) is 5.52. The van der Waals surface area contributed by atoms with Crippen LogP contribution in [-0.2, 0) is 0 Å². The van der Waals surface area contributed by atoms with Crippen molar-refractivity contribution < 1.29 is 9.47 Å². The predicted molar refractivity (Wildman–Crippen MR) is 114 cm³/mol. The topological polar surface area (TPSA) is 56.3 Å². The molecular formula is C19H24BrN3O2S. The Kier molecular flexibility index (Phi) is 7.23. The summed E-state index contributed by atoms with van der Waals surface area (Å²) in [6.07, 6.45) is 0. The van der Waals surface area contributed by atoms with E-state index in [1.807, 2.05) is 37.4 Å². The highest BCUT2D eigenvalue weighted by atomic mass is 79.9. The van der Waals surface area contributed by atoms with Crippen LogP contribution < -0.4 is 14.8 Å². The number of anilines is 1. The first kappa shape index (κ1) is 20.5. The maximum Gasteiger partial charge on any atom is 0.183 e. The lowest BCUT2D eigenvalue weighted by Crippen LogP contribution is -2.09. The van der Waals surface area contributed by atoms with Crippen molar-refractivity contribution in [2.75, 3.05) is 19.5 Å². The first-order valence-electron chi connectivity index (χ1n) is 8.47. The fourth-order valence-corrected chi connectivity index (χ4v) is 3.82. The van der Waals surface area contributed by atoms with Crippen LogP contribution >= 0.6 is 27.3 Å². The summed E-state index contributed by atoms with van der Waals surface area (Å²) < 4.78 is 11.7. The third kappa shape index (κ3) is 4.27. The molecule has 0 unspecified atom stereocenters. The van der Waals surface area contributed by atoms with Gasteiger partial charge in [-0.3, -0.25) is 0 Å². The van der Waals surface area contributed by atoms with Gasteiger partial charge >= 0.3 is 0 Å². The number of benzene rings is 1. The lowest BCUT2D eigenvalue weighted by Gasteiger charge is -2.11. The molecule has 5 nitrogen and oxygen atoms in total. The molecule has 1 aromatic carbocycles. The van der Waals surface area contributed by atoms with Crippen molar-refractivity contribution in [3.05, 3.63) is 28.1 Å². The van der Waals surface area contributed by atoms with Gasteiger partial charge in [0.1, 0.15) is 17.2 Å². The normalized spacial score (nSPS) is 10.5. The number of methoxy groups -OCH3 is 2. The lowest BCUT2D eigenvalue weighted by atomic mass is 10.1. The van der Waals surface area contributed by atoms with Gasteiger partial charge in [0, 0.05) is 22.9 Å². The largest absolute Gasteiger partial charge is 0.496 e. The van der Waals surface area contributed by atoms with Crippen LogP contribution in [0.15, 0.2) is 28.1 Å². The number of aromatic nitrogens is 2. The van der Waals surface area contributed by atoms with Gasteiger partial charge in [-0.15, -0.1) is 11.3 Å². The van der Waals surface area contributed by atoms with E-state index in [1.54, 1.807) is 25.6 Å². The zero-order valence-electron chi connectivity index (χ0n) is 15.9. The highest BCUT2D eigenvalue weighted by molar-refractivity contribution is 9.10. The van der Waals surface area contributed by atoms with Gasteiger partial charge in [-0.2, -0.15) is 0 Å². The maximum atomic E-state index is 5.55. The molecular weight excluding hydrogens is 414 g/mol. The molecule has 2 heterocycles. The number of hydrogen-bond acceptors (Lipinski definition) is 6. The molecule has 0 saturated carbocycles. The van der Waals surface area contributed by atoms with E-state index in [9.17, 15) is 0 Å². The first-order chi connectivity index (χ1) is 12.5. The summed E-state index contributed by atoms with van der Waals surface area (Å²) in [7, 11) is 3.29. The summed E-state index contributed by atoms with van der Waals surface area (Å²) >= 11 is 5.14. The maximum absolute atomic E-state index is 5.55. The summed E-state index contributed by atoms with van der Waals surface area (Å²) in [6, 6.07) is 6.09. The van der Waals surface area contributed by atoms with E-state index in [0.29, 0.717) is 6.04 Å². The molecule has 1 N–H and O–H groups in total. The highest BCUT2D eigenvalue weighted by Crippen LogP contribution is 2.38. The molecule has 0 aliphatic carbocycles. The molecule has 0 spiro atoms. The minimum Gasteiger partial charge on any atom is -0.496 e. The Balaban J connectivity index is 0.00000117. The van der Waals surface area contributed by atoms with E-state index >= 15 is 0 Å². The van der Waals surface area contributed by atoms with Crippen molar-refractivity contribution in [2.45, 2.75) is 33.7 Å². The van der Waals surface area contributed by atoms with Crippen molar-refractivity contribution in [1.82, 2.24) is 9.97 Å². The Morgan fingerprint density at radius 3 is 2.35 bits per heavy atom. The Hall–Kier alpha value is -1.86. The molecule has 3 rings (SSSR count). The number of halogens is 1. The van der Waals surface area contributed by atoms with E-state index in [0.717, 1.165) is 43.4 Å². The van der Waals surface area contributed by atoms with Gasteiger partial charge in [-0.05, 0) is 41.9 Å². The minimum atomic E-state index is 0.335. The van der Waals surface area contributed by atoms with Crippen LogP contribution in [-0.4, -0.2) is 30.2 Å². The van der Waals surface area contributed by atoms with Crippen LogP contribution in [0.2, 0.25) is 0 Å². The quantitative estimate of drug-likeness (QED) is 0.531. The average Bonchev–Trinajstić information content (AvgIpc) is 3.11. The number of fused-ring (bicyclic) bond motifs is 1. The van der Waals surface area contributed by atoms with Gasteiger partial charge in [0.25, 0.3) is 0 Å². The zero-order chi connectivity index (χ0) is 19.3. The van der Waals surface area contributed by atoms with E-state index < -0.39 is 0 Å². The summed E-state index contributed by atoms with van der Waals surface area (Å²) in [5.74, 6) is 1.49. The highest BCUT2D eigenvalue weighted by Gasteiger charge is 2.15. The molecule has 0 fully saturated rings. The van der Waals surface area contributed by atoms with E-state index in [2.05, 4.69) is 40.1 Å². The first-order valence-corrected chi connectivity index (χ1v) is 10.1. The standard InChI is InChI=1S/C17H18BrN3O2S.C2H6/c1-9(2)19-17-21-12(8-24-17)11-7-14(23-4)10-5-6-13(22-3)15(18)16(10)20-11;1-2/h5-9H,1-4H3,(H,19,21);1-2H3. The number of pyridine rings is 1. The third-order valence-corrected chi connectivity index (χ3v) is 5.00. The van der Waals surface area contributed by atoms with Crippen LogP contribution in [0.1, 0.15) is 27.7 Å². The van der Waals surface area contributed by atoms with Gasteiger partial charge in [0.05, 0.1) is 29.9 Å². The van der Waals surface area contributed by atoms with E-state index in [1.165, 1.54) is 0 Å². The summed E-state index contributed by atoms with van der Waals surface area (Å²) in [4.78, 5) is 9.38. The molecule has 3 aromatic rings. The zero-order valence-corrected chi connectivity index (χ0v) is 18.3. The number of hydrogen-bond donors (Lipinski definition) is 1. The van der Waals surface area contributed by atoms with Gasteiger partial charge in [-0.25, -0.2) is 9.97 Å². The molecule has 0 aliphatic heterocycles. The van der Waals surface area contributed by atoms with Crippen LogP contribution in [0.4, 0.5) is 5.13 Å². The Bertz CT molecular complexity index is 881. The SMILES string of the molecule is CC.COc1ccc2c(OC)cc(-c3csc(NC(C)C)n3)nc2c1Br. The second-order valence-corrected chi connectivity index (χ2v) is 7.18. The fourth-order valence-electron chi connectivity index (χ4n) is 2.37. The van der Waals surface area contributed by atoms with Crippen LogP contribution in [0.25, 0.3) is 22.3 Å². The van der Waals surface area contributed by atoms with E-state index in [-0.39, 0.29) is 0 Å². The number of ether oxygens (including phenoxy) is 2. The molecule has 140 valence electrons. The Labute approximate surface area is 166 Å². The molecule has 2 aromatic heterocycles. The summed E-state index contributed by atoms with van der Waals surface area (Å²) in [5, 5.41) is 7.10. The monoisotopic (exact) mass is 437 g/mol. The van der Waals surface area contributed by atoms with Crippen molar-refractivity contribution in [2.24, 2.45) is 0 Å². The molecule has 0 bridgehead atoms. The van der Waals surface area contributed by atoms with Gasteiger partial charge in [0.2, 0.25) is 0 Å². The average molecular weight is 438 g/mol. The minimum absolute atomic E-state index is 0.335. The van der Waals surface area contributed by atoms with E-state index in [4.69, 9.17) is 14.5 Å². The molecule has 0 amide bonds. The fraction of sp³-hybridized carbons (Fsp3) is 0.368.